The summed E-state index contributed by atoms with van der Waals surface area (Å²) in [7, 11) is 0. The van der Waals surface area contributed by atoms with Crippen LogP contribution in [0.2, 0.25) is 0 Å². The minimum atomic E-state index is -0.204. The van der Waals surface area contributed by atoms with Crippen LogP contribution in [0.3, 0.4) is 0 Å². The van der Waals surface area contributed by atoms with E-state index in [0.29, 0.717) is 11.1 Å². The molecule has 4 heteroatoms. The molecule has 2 aromatic heterocycles. The van der Waals surface area contributed by atoms with E-state index >= 15 is 0 Å². The van der Waals surface area contributed by atoms with Gasteiger partial charge in [-0.05, 0) is 17.5 Å². The first-order valence-corrected chi connectivity index (χ1v) is 6.33. The lowest BCUT2D eigenvalue weighted by Gasteiger charge is -2.03. The topological polar surface area (TPSA) is 53.8 Å². The Balaban J connectivity index is 2.03. The second-order valence-electron chi connectivity index (χ2n) is 4.56. The zero-order valence-corrected chi connectivity index (χ0v) is 10.7. The maximum atomic E-state index is 12.4. The molecule has 98 valence electrons. The Labute approximate surface area is 115 Å². The third-order valence-corrected chi connectivity index (χ3v) is 3.16. The lowest BCUT2D eigenvalue weighted by molar-refractivity contribution is -0.683. The van der Waals surface area contributed by atoms with Crippen molar-refractivity contribution in [2.75, 3.05) is 0 Å². The van der Waals surface area contributed by atoms with Crippen molar-refractivity contribution in [3.05, 3.63) is 76.8 Å². The van der Waals surface area contributed by atoms with Crippen molar-refractivity contribution in [3.8, 4) is 0 Å². The van der Waals surface area contributed by atoms with Crippen LogP contribution in [0.15, 0.2) is 65.7 Å². The summed E-state index contributed by atoms with van der Waals surface area (Å²) < 4.78 is 1.81. The number of nitrogens with one attached hydrogen (secondary N) is 1. The second-order valence-corrected chi connectivity index (χ2v) is 4.56. The molecule has 0 saturated heterocycles. The maximum absolute atomic E-state index is 12.4. The number of carbonyl (C=O) groups is 1. The molecule has 3 aromatic rings. The Morgan fingerprint density at radius 3 is 2.60 bits per heavy atom. The van der Waals surface area contributed by atoms with Gasteiger partial charge in [0, 0.05) is 23.8 Å². The number of nitrogens with zero attached hydrogens (tertiary/aromatic N) is 1. The quantitative estimate of drug-likeness (QED) is 0.579. The number of carbonyl (C=O) groups excluding carboxylic acids is 1. The molecule has 0 spiro atoms. The summed E-state index contributed by atoms with van der Waals surface area (Å²) >= 11 is 0. The molecule has 0 aliphatic carbocycles. The average Bonchev–Trinajstić information content (AvgIpc) is 2.47. The predicted octanol–water partition coefficient (Wildman–Crippen LogP) is 1.70. The number of pyridine rings is 2. The molecule has 0 aliphatic heterocycles. The Kier molecular flexibility index (Phi) is 3.13. The molecule has 0 atom stereocenters. The van der Waals surface area contributed by atoms with Crippen molar-refractivity contribution in [1.82, 2.24) is 4.98 Å². The van der Waals surface area contributed by atoms with E-state index in [-0.39, 0.29) is 17.9 Å². The third kappa shape index (κ3) is 2.36. The molecule has 0 bridgehead atoms. The SMILES string of the molecule is O=C(C[n+]1ccccc1)c1cccc2ccc(=O)[nH]c12. The highest BCUT2D eigenvalue weighted by Crippen LogP contribution is 2.15. The first-order chi connectivity index (χ1) is 9.74. The van der Waals surface area contributed by atoms with Gasteiger partial charge in [0.05, 0.1) is 5.52 Å². The van der Waals surface area contributed by atoms with Gasteiger partial charge in [-0.25, -0.2) is 0 Å². The summed E-state index contributed by atoms with van der Waals surface area (Å²) in [6.07, 6.45) is 3.68. The van der Waals surface area contributed by atoms with Crippen molar-refractivity contribution in [2.24, 2.45) is 0 Å². The van der Waals surface area contributed by atoms with Gasteiger partial charge in [-0.2, -0.15) is 4.57 Å². The van der Waals surface area contributed by atoms with Crippen LogP contribution >= 0.6 is 0 Å². The fraction of sp³-hybridized carbons (Fsp3) is 0.0625. The Morgan fingerprint density at radius 2 is 1.80 bits per heavy atom. The van der Waals surface area contributed by atoms with Crippen molar-refractivity contribution in [1.29, 1.82) is 0 Å². The highest BCUT2D eigenvalue weighted by molar-refractivity contribution is 6.05. The smallest absolute Gasteiger partial charge is 0.248 e. The molecular formula is C16H13N2O2+. The summed E-state index contributed by atoms with van der Waals surface area (Å²) in [5.74, 6) is -0.0337. The maximum Gasteiger partial charge on any atom is 0.248 e. The van der Waals surface area contributed by atoms with Gasteiger partial charge in [0.25, 0.3) is 0 Å². The van der Waals surface area contributed by atoms with E-state index in [2.05, 4.69) is 4.98 Å². The summed E-state index contributed by atoms with van der Waals surface area (Å²) in [5, 5.41) is 0.855. The molecule has 1 aromatic carbocycles. The number of hydrogen-bond donors (Lipinski definition) is 1. The zero-order chi connectivity index (χ0) is 13.9. The molecule has 0 radical (unpaired) electrons. The van der Waals surface area contributed by atoms with Crippen LogP contribution in [0.5, 0.6) is 0 Å². The van der Waals surface area contributed by atoms with Crippen molar-refractivity contribution in [3.63, 3.8) is 0 Å². The summed E-state index contributed by atoms with van der Waals surface area (Å²) in [4.78, 5) is 26.6. The fourth-order valence-electron chi connectivity index (χ4n) is 2.20. The largest absolute Gasteiger partial charge is 0.321 e. The van der Waals surface area contributed by atoms with E-state index in [1.165, 1.54) is 6.07 Å². The van der Waals surface area contributed by atoms with E-state index in [1.807, 2.05) is 47.3 Å². The average molecular weight is 265 g/mol. The first-order valence-electron chi connectivity index (χ1n) is 6.33. The zero-order valence-electron chi connectivity index (χ0n) is 10.7. The molecule has 0 saturated carbocycles. The van der Waals surface area contributed by atoms with E-state index in [4.69, 9.17) is 0 Å². The minimum absolute atomic E-state index is 0.0337. The number of para-hydroxylation sites is 1. The van der Waals surface area contributed by atoms with Gasteiger partial charge in [0.2, 0.25) is 17.9 Å². The fourth-order valence-corrected chi connectivity index (χ4v) is 2.20. The normalized spacial score (nSPS) is 10.6. The van der Waals surface area contributed by atoms with E-state index in [0.717, 1.165) is 5.39 Å². The number of benzene rings is 1. The Morgan fingerprint density at radius 1 is 1.00 bits per heavy atom. The number of fused-ring (bicyclic) bond motifs is 1. The van der Waals surface area contributed by atoms with Crippen molar-refractivity contribution in [2.45, 2.75) is 6.54 Å². The van der Waals surface area contributed by atoms with E-state index in [9.17, 15) is 9.59 Å². The minimum Gasteiger partial charge on any atom is -0.321 e. The predicted molar refractivity (Wildman–Crippen MR) is 75.5 cm³/mol. The van der Waals surface area contributed by atoms with Crippen LogP contribution in [0, 0.1) is 0 Å². The first kappa shape index (κ1) is 12.3. The molecule has 1 N–H and O–H groups in total. The molecular weight excluding hydrogens is 252 g/mol. The monoisotopic (exact) mass is 265 g/mol. The number of hydrogen-bond acceptors (Lipinski definition) is 2. The molecule has 0 amide bonds. The molecule has 0 unspecified atom stereocenters. The summed E-state index contributed by atoms with van der Waals surface area (Å²) in [6.45, 7) is 0.247. The van der Waals surface area contributed by atoms with E-state index < -0.39 is 0 Å². The highest BCUT2D eigenvalue weighted by atomic mass is 16.1. The van der Waals surface area contributed by atoms with Crippen LogP contribution in [-0.4, -0.2) is 10.8 Å². The van der Waals surface area contributed by atoms with Gasteiger partial charge in [0.15, 0.2) is 12.4 Å². The number of aromatic amines is 1. The second kappa shape index (κ2) is 5.09. The third-order valence-electron chi connectivity index (χ3n) is 3.16. The standard InChI is InChI=1S/C16H12N2O2/c19-14(11-18-9-2-1-3-10-18)13-6-4-5-12-7-8-15(20)17-16(12)13/h1-10H,11H2/p+1. The number of H-pyrrole nitrogens is 1. The van der Waals surface area contributed by atoms with Crippen LogP contribution in [-0.2, 0) is 6.54 Å². The number of Topliss-reactive ketones (excluding diaryl/α,β-unsaturated/α-hetero) is 1. The lowest BCUT2D eigenvalue weighted by Crippen LogP contribution is -2.36. The molecule has 3 rings (SSSR count). The van der Waals surface area contributed by atoms with Gasteiger partial charge in [0.1, 0.15) is 0 Å². The van der Waals surface area contributed by atoms with Gasteiger partial charge in [-0.1, -0.05) is 18.2 Å². The summed E-state index contributed by atoms with van der Waals surface area (Å²) in [5.41, 5.74) is 0.934. The van der Waals surface area contributed by atoms with Gasteiger partial charge in [-0.3, -0.25) is 9.59 Å². The Bertz CT molecular complexity index is 823. The molecule has 2 heterocycles. The van der Waals surface area contributed by atoms with Crippen LogP contribution in [0.25, 0.3) is 10.9 Å². The number of rotatable bonds is 3. The van der Waals surface area contributed by atoms with Gasteiger partial charge >= 0.3 is 0 Å². The highest BCUT2D eigenvalue weighted by Gasteiger charge is 2.15. The summed E-state index contributed by atoms with van der Waals surface area (Å²) in [6, 6.07) is 14.3. The van der Waals surface area contributed by atoms with Crippen LogP contribution in [0.1, 0.15) is 10.4 Å². The van der Waals surface area contributed by atoms with Gasteiger partial charge in [-0.15, -0.1) is 0 Å². The molecule has 0 aliphatic rings. The number of ketones is 1. The van der Waals surface area contributed by atoms with E-state index in [1.54, 1.807) is 12.1 Å². The lowest BCUT2D eigenvalue weighted by atomic mass is 10.1. The van der Waals surface area contributed by atoms with Crippen LogP contribution < -0.4 is 10.1 Å². The van der Waals surface area contributed by atoms with Crippen LogP contribution in [0.4, 0.5) is 0 Å². The number of aromatic nitrogens is 2. The van der Waals surface area contributed by atoms with Crippen molar-refractivity contribution < 1.29 is 9.36 Å². The molecule has 20 heavy (non-hydrogen) atoms. The molecule has 0 fully saturated rings. The Hall–Kier alpha value is -2.75. The van der Waals surface area contributed by atoms with Gasteiger partial charge < -0.3 is 4.98 Å². The van der Waals surface area contributed by atoms with Crippen molar-refractivity contribution >= 4 is 16.7 Å². The molecule has 4 nitrogen and oxygen atoms in total.